The van der Waals surface area contributed by atoms with Crippen LogP contribution in [0.5, 0.6) is 0 Å². The van der Waals surface area contributed by atoms with Gasteiger partial charge in [-0.25, -0.2) is 0 Å². The molecule has 0 saturated carbocycles. The lowest BCUT2D eigenvalue weighted by Crippen LogP contribution is -2.28. The Morgan fingerprint density at radius 1 is 1.73 bits per heavy atom. The van der Waals surface area contributed by atoms with Crippen LogP contribution in [0.4, 0.5) is 0 Å². The second-order valence-electron chi connectivity index (χ2n) is 2.52. The van der Waals surface area contributed by atoms with Crippen molar-refractivity contribution in [1.29, 1.82) is 0 Å². The lowest BCUT2D eigenvalue weighted by atomic mass is 10.1. The summed E-state index contributed by atoms with van der Waals surface area (Å²) in [5, 5.41) is 0. The van der Waals surface area contributed by atoms with E-state index in [0.717, 1.165) is 0 Å². The fraction of sp³-hybridized carbons (Fsp3) is 0.857. The first kappa shape index (κ1) is 10.4. The summed E-state index contributed by atoms with van der Waals surface area (Å²) in [4.78, 5) is 10.8. The highest BCUT2D eigenvalue weighted by atomic mass is 16.5. The molecule has 0 spiro atoms. The average molecular weight is 160 g/mol. The number of nitrogens with one attached hydrogen (secondary N) is 1. The lowest BCUT2D eigenvalue weighted by molar-refractivity contribution is -0.144. The molecule has 0 bridgehead atoms. The molecule has 0 heterocycles. The third kappa shape index (κ3) is 5.82. The van der Waals surface area contributed by atoms with Crippen molar-refractivity contribution in [2.75, 3.05) is 13.2 Å². The summed E-state index contributed by atoms with van der Waals surface area (Å²) in [5.74, 6) is 5.16. The van der Waals surface area contributed by atoms with Crippen LogP contribution in [0.2, 0.25) is 0 Å². The van der Waals surface area contributed by atoms with Gasteiger partial charge in [-0.3, -0.25) is 16.1 Å². The van der Waals surface area contributed by atoms with E-state index in [0.29, 0.717) is 19.6 Å². The van der Waals surface area contributed by atoms with E-state index in [1.54, 1.807) is 6.92 Å². The van der Waals surface area contributed by atoms with E-state index >= 15 is 0 Å². The molecule has 0 aromatic carbocycles. The highest BCUT2D eigenvalue weighted by Crippen LogP contribution is 2.00. The molecule has 1 unspecified atom stereocenters. The first-order chi connectivity index (χ1) is 5.20. The third-order valence-corrected chi connectivity index (χ3v) is 1.29. The average Bonchev–Trinajstić information content (AvgIpc) is 1.87. The Bertz CT molecular complexity index is 117. The molecule has 0 aliphatic rings. The van der Waals surface area contributed by atoms with Gasteiger partial charge in [-0.2, -0.15) is 0 Å². The van der Waals surface area contributed by atoms with Crippen LogP contribution in [0.25, 0.3) is 0 Å². The highest BCUT2D eigenvalue weighted by Gasteiger charge is 2.07. The molecule has 0 amide bonds. The summed E-state index contributed by atoms with van der Waals surface area (Å²) in [6.07, 6.45) is 0.429. The number of nitrogens with two attached hydrogens (primary N) is 1. The Kier molecular flexibility index (Phi) is 5.78. The van der Waals surface area contributed by atoms with Gasteiger partial charge in [0.2, 0.25) is 0 Å². The molecule has 3 N–H and O–H groups in total. The van der Waals surface area contributed by atoms with Gasteiger partial charge in [0.05, 0.1) is 6.61 Å². The quantitative estimate of drug-likeness (QED) is 0.338. The van der Waals surface area contributed by atoms with E-state index in [4.69, 9.17) is 10.6 Å². The maximum absolute atomic E-state index is 10.8. The Balaban J connectivity index is 3.40. The van der Waals surface area contributed by atoms with Crippen LogP contribution in [0.3, 0.4) is 0 Å². The summed E-state index contributed by atoms with van der Waals surface area (Å²) < 4.78 is 4.75. The zero-order chi connectivity index (χ0) is 8.69. The van der Waals surface area contributed by atoms with Gasteiger partial charge in [0.25, 0.3) is 0 Å². The van der Waals surface area contributed by atoms with Gasteiger partial charge in [-0.05, 0) is 12.8 Å². The Labute approximate surface area is 67.1 Å². The highest BCUT2D eigenvalue weighted by molar-refractivity contribution is 5.69. The molecule has 1 atom stereocenters. The molecule has 0 fully saturated rings. The molecule has 4 nitrogen and oxygen atoms in total. The van der Waals surface area contributed by atoms with Gasteiger partial charge in [0.1, 0.15) is 0 Å². The smallest absolute Gasteiger partial charge is 0.306 e. The first-order valence-electron chi connectivity index (χ1n) is 3.79. The van der Waals surface area contributed by atoms with E-state index in [9.17, 15) is 4.79 Å². The van der Waals surface area contributed by atoms with Crippen molar-refractivity contribution in [2.45, 2.75) is 20.3 Å². The molecule has 0 aliphatic carbocycles. The largest absolute Gasteiger partial charge is 0.466 e. The maximum atomic E-state index is 10.8. The number of hydrazine groups is 1. The number of carbonyl (C=O) groups excluding carboxylic acids is 1. The SMILES string of the molecule is CCOC(=O)CC(C)CNN. The van der Waals surface area contributed by atoms with Crippen molar-refractivity contribution in [3.8, 4) is 0 Å². The minimum absolute atomic E-state index is 0.157. The minimum atomic E-state index is -0.157. The van der Waals surface area contributed by atoms with Crippen LogP contribution in [-0.4, -0.2) is 19.1 Å². The topological polar surface area (TPSA) is 64.3 Å². The zero-order valence-corrected chi connectivity index (χ0v) is 7.09. The van der Waals surface area contributed by atoms with Crippen LogP contribution in [0.1, 0.15) is 20.3 Å². The van der Waals surface area contributed by atoms with Gasteiger partial charge in [0, 0.05) is 13.0 Å². The van der Waals surface area contributed by atoms with Crippen LogP contribution >= 0.6 is 0 Å². The molecule has 0 rings (SSSR count). The van der Waals surface area contributed by atoms with E-state index in [2.05, 4.69) is 5.43 Å². The van der Waals surface area contributed by atoms with E-state index in [1.165, 1.54) is 0 Å². The van der Waals surface area contributed by atoms with Crippen molar-refractivity contribution in [2.24, 2.45) is 11.8 Å². The van der Waals surface area contributed by atoms with Gasteiger partial charge in [-0.1, -0.05) is 6.92 Å². The fourth-order valence-corrected chi connectivity index (χ4v) is 0.778. The van der Waals surface area contributed by atoms with Crippen LogP contribution < -0.4 is 11.3 Å². The number of ether oxygens (including phenoxy) is 1. The van der Waals surface area contributed by atoms with E-state index in [-0.39, 0.29) is 11.9 Å². The first-order valence-corrected chi connectivity index (χ1v) is 3.79. The van der Waals surface area contributed by atoms with Crippen LogP contribution in [0.15, 0.2) is 0 Å². The van der Waals surface area contributed by atoms with Crippen molar-refractivity contribution in [3.05, 3.63) is 0 Å². The second kappa shape index (κ2) is 6.12. The van der Waals surface area contributed by atoms with Crippen LogP contribution in [0, 0.1) is 5.92 Å². The Morgan fingerprint density at radius 3 is 2.82 bits per heavy atom. The molecule has 0 aromatic heterocycles. The summed E-state index contributed by atoms with van der Waals surface area (Å²) in [6.45, 7) is 4.82. The summed E-state index contributed by atoms with van der Waals surface area (Å²) in [7, 11) is 0. The third-order valence-electron chi connectivity index (χ3n) is 1.29. The predicted octanol–water partition coefficient (Wildman–Crippen LogP) is 0.0390. The van der Waals surface area contributed by atoms with E-state index in [1.807, 2.05) is 6.92 Å². The standard InChI is InChI=1S/C7H16N2O2/c1-3-11-7(10)4-6(2)5-9-8/h6,9H,3-5,8H2,1-2H3. The predicted molar refractivity (Wildman–Crippen MR) is 42.6 cm³/mol. The second-order valence-corrected chi connectivity index (χ2v) is 2.52. The van der Waals surface area contributed by atoms with Crippen molar-refractivity contribution < 1.29 is 9.53 Å². The van der Waals surface area contributed by atoms with Crippen molar-refractivity contribution >= 4 is 5.97 Å². The lowest BCUT2D eigenvalue weighted by Gasteiger charge is -2.08. The Hall–Kier alpha value is -0.610. The molecular formula is C7H16N2O2. The summed E-state index contributed by atoms with van der Waals surface area (Å²) >= 11 is 0. The Morgan fingerprint density at radius 2 is 2.36 bits per heavy atom. The molecular weight excluding hydrogens is 144 g/mol. The van der Waals surface area contributed by atoms with E-state index < -0.39 is 0 Å². The van der Waals surface area contributed by atoms with Gasteiger partial charge in [-0.15, -0.1) is 0 Å². The molecule has 0 aromatic rings. The molecule has 11 heavy (non-hydrogen) atoms. The minimum Gasteiger partial charge on any atom is -0.466 e. The number of carbonyl (C=O) groups is 1. The molecule has 0 saturated heterocycles. The molecule has 0 radical (unpaired) electrons. The van der Waals surface area contributed by atoms with Gasteiger partial charge in [0.15, 0.2) is 0 Å². The number of esters is 1. The fourth-order valence-electron chi connectivity index (χ4n) is 0.778. The zero-order valence-electron chi connectivity index (χ0n) is 7.09. The number of hydrogen-bond acceptors (Lipinski definition) is 4. The normalized spacial score (nSPS) is 12.6. The van der Waals surface area contributed by atoms with Crippen LogP contribution in [-0.2, 0) is 9.53 Å². The maximum Gasteiger partial charge on any atom is 0.306 e. The van der Waals surface area contributed by atoms with Crippen molar-refractivity contribution in [3.63, 3.8) is 0 Å². The molecule has 0 aliphatic heterocycles. The monoisotopic (exact) mass is 160 g/mol. The molecule has 66 valence electrons. The summed E-state index contributed by atoms with van der Waals surface area (Å²) in [6, 6.07) is 0. The number of rotatable bonds is 5. The van der Waals surface area contributed by atoms with Crippen molar-refractivity contribution in [1.82, 2.24) is 5.43 Å². The number of hydrogen-bond donors (Lipinski definition) is 2. The summed E-state index contributed by atoms with van der Waals surface area (Å²) in [5.41, 5.74) is 2.51. The van der Waals surface area contributed by atoms with Gasteiger partial charge >= 0.3 is 5.97 Å². The molecule has 4 heteroatoms. The van der Waals surface area contributed by atoms with Gasteiger partial charge < -0.3 is 4.74 Å².